The van der Waals surface area contributed by atoms with E-state index < -0.39 is 0 Å². The predicted molar refractivity (Wildman–Crippen MR) is 68.1 cm³/mol. The van der Waals surface area contributed by atoms with Crippen LogP contribution in [0.4, 0.5) is 10.1 Å². The van der Waals surface area contributed by atoms with Gasteiger partial charge in [0.1, 0.15) is 5.82 Å². The summed E-state index contributed by atoms with van der Waals surface area (Å²) in [6, 6.07) is 2.81. The maximum atomic E-state index is 13.4. The van der Waals surface area contributed by atoms with Crippen LogP contribution < -0.4 is 10.2 Å². The minimum atomic E-state index is -0.363. The van der Waals surface area contributed by atoms with Crippen LogP contribution >= 0.6 is 11.6 Å². The molecule has 0 aliphatic rings. The van der Waals surface area contributed by atoms with Gasteiger partial charge in [-0.25, -0.2) is 4.39 Å². The minimum absolute atomic E-state index is 0.107. The standard InChI is InChI=1S/C12H16ClFN2O/c1-8-6-9(13)11(7-10(8)14)16(3)12(17)4-5-15-2/h6-7,15H,4-5H2,1-3H3. The van der Waals surface area contributed by atoms with Gasteiger partial charge in [0.2, 0.25) is 5.91 Å². The molecular weight excluding hydrogens is 243 g/mol. The summed E-state index contributed by atoms with van der Waals surface area (Å²) in [4.78, 5) is 13.1. The molecule has 17 heavy (non-hydrogen) atoms. The van der Waals surface area contributed by atoms with Gasteiger partial charge in [0, 0.05) is 20.0 Å². The van der Waals surface area contributed by atoms with Gasteiger partial charge in [-0.1, -0.05) is 11.6 Å². The maximum Gasteiger partial charge on any atom is 0.228 e. The maximum absolute atomic E-state index is 13.4. The van der Waals surface area contributed by atoms with Crippen molar-refractivity contribution in [2.24, 2.45) is 0 Å². The Labute approximate surface area is 106 Å². The van der Waals surface area contributed by atoms with Gasteiger partial charge in [-0.15, -0.1) is 0 Å². The van der Waals surface area contributed by atoms with E-state index in [1.807, 2.05) is 0 Å². The first-order chi connectivity index (χ1) is 7.97. The Bertz CT molecular complexity index is 423. The second kappa shape index (κ2) is 5.98. The average Bonchev–Trinajstić information content (AvgIpc) is 2.29. The number of benzene rings is 1. The fourth-order valence-corrected chi connectivity index (χ4v) is 1.77. The number of anilines is 1. The number of carbonyl (C=O) groups is 1. The monoisotopic (exact) mass is 258 g/mol. The molecule has 0 radical (unpaired) electrons. The van der Waals surface area contributed by atoms with E-state index in [1.54, 1.807) is 21.0 Å². The van der Waals surface area contributed by atoms with Gasteiger partial charge in [-0.3, -0.25) is 4.79 Å². The number of rotatable bonds is 4. The molecule has 1 rings (SSSR count). The summed E-state index contributed by atoms with van der Waals surface area (Å²) in [6.45, 7) is 2.21. The van der Waals surface area contributed by atoms with Crippen molar-refractivity contribution in [1.82, 2.24) is 5.32 Å². The van der Waals surface area contributed by atoms with Gasteiger partial charge >= 0.3 is 0 Å². The lowest BCUT2D eigenvalue weighted by Gasteiger charge is -2.19. The van der Waals surface area contributed by atoms with Gasteiger partial charge in [0.15, 0.2) is 0 Å². The van der Waals surface area contributed by atoms with Crippen molar-refractivity contribution in [3.63, 3.8) is 0 Å². The third kappa shape index (κ3) is 3.41. The highest BCUT2D eigenvalue weighted by Gasteiger charge is 2.15. The van der Waals surface area contributed by atoms with E-state index in [2.05, 4.69) is 5.32 Å². The molecule has 0 aliphatic heterocycles. The van der Waals surface area contributed by atoms with Crippen LogP contribution in [0.5, 0.6) is 0 Å². The van der Waals surface area contributed by atoms with Crippen LogP contribution in [-0.2, 0) is 4.79 Å². The lowest BCUT2D eigenvalue weighted by atomic mass is 10.2. The van der Waals surface area contributed by atoms with Crippen LogP contribution in [-0.4, -0.2) is 26.5 Å². The van der Waals surface area contributed by atoms with Gasteiger partial charge in [-0.05, 0) is 31.7 Å². The van der Waals surface area contributed by atoms with Crippen LogP contribution in [0.2, 0.25) is 5.02 Å². The Morgan fingerprint density at radius 1 is 1.53 bits per heavy atom. The fraction of sp³-hybridized carbons (Fsp3) is 0.417. The highest BCUT2D eigenvalue weighted by molar-refractivity contribution is 6.33. The predicted octanol–water partition coefficient (Wildman–Crippen LogP) is 2.36. The molecule has 0 saturated heterocycles. The van der Waals surface area contributed by atoms with Crippen molar-refractivity contribution in [2.75, 3.05) is 25.5 Å². The van der Waals surface area contributed by atoms with Gasteiger partial charge in [-0.2, -0.15) is 0 Å². The molecule has 1 aromatic rings. The summed E-state index contributed by atoms with van der Waals surface area (Å²) in [7, 11) is 3.36. The van der Waals surface area contributed by atoms with E-state index in [0.29, 0.717) is 29.2 Å². The van der Waals surface area contributed by atoms with Crippen molar-refractivity contribution in [1.29, 1.82) is 0 Å². The van der Waals surface area contributed by atoms with E-state index in [-0.39, 0.29) is 11.7 Å². The van der Waals surface area contributed by atoms with Crippen LogP contribution in [0.3, 0.4) is 0 Å². The first-order valence-electron chi connectivity index (χ1n) is 5.34. The molecule has 3 nitrogen and oxygen atoms in total. The molecule has 1 amide bonds. The zero-order valence-corrected chi connectivity index (χ0v) is 10.9. The van der Waals surface area contributed by atoms with Crippen LogP contribution in [0.25, 0.3) is 0 Å². The number of halogens is 2. The third-order valence-corrected chi connectivity index (χ3v) is 2.86. The number of nitrogens with zero attached hydrogens (tertiary/aromatic N) is 1. The highest BCUT2D eigenvalue weighted by Crippen LogP contribution is 2.28. The van der Waals surface area contributed by atoms with E-state index in [9.17, 15) is 9.18 Å². The van der Waals surface area contributed by atoms with Crippen molar-refractivity contribution < 1.29 is 9.18 Å². The zero-order chi connectivity index (χ0) is 13.0. The first kappa shape index (κ1) is 13.9. The molecule has 0 aliphatic carbocycles. The Morgan fingerprint density at radius 3 is 2.76 bits per heavy atom. The number of amides is 1. The van der Waals surface area contributed by atoms with Crippen molar-refractivity contribution in [2.45, 2.75) is 13.3 Å². The molecule has 0 heterocycles. The zero-order valence-electron chi connectivity index (χ0n) is 10.2. The Hall–Kier alpha value is -1.13. The molecule has 0 saturated carbocycles. The summed E-state index contributed by atoms with van der Waals surface area (Å²) in [5, 5.41) is 3.26. The quantitative estimate of drug-likeness (QED) is 0.899. The SMILES string of the molecule is CNCCC(=O)N(C)c1cc(F)c(C)cc1Cl. The molecule has 94 valence electrons. The molecule has 1 N–H and O–H groups in total. The topological polar surface area (TPSA) is 32.3 Å². The molecule has 1 aromatic carbocycles. The van der Waals surface area contributed by atoms with Crippen LogP contribution in [0.1, 0.15) is 12.0 Å². The van der Waals surface area contributed by atoms with E-state index >= 15 is 0 Å². The lowest BCUT2D eigenvalue weighted by molar-refractivity contribution is -0.118. The lowest BCUT2D eigenvalue weighted by Crippen LogP contribution is -2.29. The Kier molecular flexibility index (Phi) is 4.90. The van der Waals surface area contributed by atoms with Crippen molar-refractivity contribution in [3.8, 4) is 0 Å². The normalized spacial score (nSPS) is 10.4. The average molecular weight is 259 g/mol. The largest absolute Gasteiger partial charge is 0.319 e. The number of carbonyl (C=O) groups excluding carboxylic acids is 1. The van der Waals surface area contributed by atoms with Crippen LogP contribution in [0.15, 0.2) is 12.1 Å². The number of hydrogen-bond donors (Lipinski definition) is 1. The molecule has 0 atom stereocenters. The summed E-state index contributed by atoms with van der Waals surface area (Å²) >= 11 is 6.00. The molecule has 5 heteroatoms. The second-order valence-electron chi connectivity index (χ2n) is 3.86. The molecule has 0 bridgehead atoms. The molecule has 0 spiro atoms. The van der Waals surface area contributed by atoms with Crippen molar-refractivity contribution in [3.05, 3.63) is 28.5 Å². The van der Waals surface area contributed by atoms with E-state index in [1.165, 1.54) is 17.0 Å². The Morgan fingerprint density at radius 2 is 2.18 bits per heavy atom. The van der Waals surface area contributed by atoms with E-state index in [4.69, 9.17) is 11.6 Å². The summed E-state index contributed by atoms with van der Waals surface area (Å²) in [6.07, 6.45) is 0.346. The molecule has 0 fully saturated rings. The summed E-state index contributed by atoms with van der Waals surface area (Å²) in [5.41, 5.74) is 0.866. The molecular formula is C12H16ClFN2O. The van der Waals surface area contributed by atoms with E-state index in [0.717, 1.165) is 0 Å². The number of nitrogens with one attached hydrogen (secondary N) is 1. The first-order valence-corrected chi connectivity index (χ1v) is 5.72. The third-order valence-electron chi connectivity index (χ3n) is 2.55. The summed E-state index contributed by atoms with van der Waals surface area (Å²) < 4.78 is 13.4. The summed E-state index contributed by atoms with van der Waals surface area (Å²) in [5.74, 6) is -0.470. The molecule has 0 aromatic heterocycles. The molecule has 0 unspecified atom stereocenters. The fourth-order valence-electron chi connectivity index (χ4n) is 1.43. The highest BCUT2D eigenvalue weighted by atomic mass is 35.5. The van der Waals surface area contributed by atoms with Crippen molar-refractivity contribution >= 4 is 23.2 Å². The number of aryl methyl sites for hydroxylation is 1. The van der Waals surface area contributed by atoms with Gasteiger partial charge in [0.05, 0.1) is 10.7 Å². The van der Waals surface area contributed by atoms with Gasteiger partial charge < -0.3 is 10.2 Å². The van der Waals surface area contributed by atoms with Crippen LogP contribution in [0, 0.1) is 12.7 Å². The minimum Gasteiger partial charge on any atom is -0.319 e. The Balaban J connectivity index is 2.92. The number of hydrogen-bond acceptors (Lipinski definition) is 2. The second-order valence-corrected chi connectivity index (χ2v) is 4.27. The smallest absolute Gasteiger partial charge is 0.228 e. The van der Waals surface area contributed by atoms with Gasteiger partial charge in [0.25, 0.3) is 0 Å².